The predicted molar refractivity (Wildman–Crippen MR) is 52.5 cm³/mol. The third-order valence-electron chi connectivity index (χ3n) is 4.98. The highest BCUT2D eigenvalue weighted by Gasteiger charge is 2.70. The predicted octanol–water partition coefficient (Wildman–Crippen LogP) is 2.15. The first-order valence-corrected chi connectivity index (χ1v) is 5.50. The molecule has 3 rings (SSSR count). The lowest BCUT2D eigenvalue weighted by Crippen LogP contribution is -2.43. The number of ether oxygens (including phenoxy) is 1. The van der Waals surface area contributed by atoms with Crippen LogP contribution in [0.5, 0.6) is 0 Å². The van der Waals surface area contributed by atoms with Gasteiger partial charge in [-0.25, -0.2) is 0 Å². The van der Waals surface area contributed by atoms with Crippen molar-refractivity contribution < 1.29 is 9.53 Å². The fourth-order valence-electron chi connectivity index (χ4n) is 4.07. The summed E-state index contributed by atoms with van der Waals surface area (Å²) in [5, 5.41) is 0. The van der Waals surface area contributed by atoms with Crippen molar-refractivity contribution in [1.29, 1.82) is 0 Å². The van der Waals surface area contributed by atoms with Crippen molar-refractivity contribution in [3.05, 3.63) is 12.2 Å². The molecule has 1 saturated heterocycles. The van der Waals surface area contributed by atoms with Crippen molar-refractivity contribution in [2.24, 2.45) is 22.7 Å². The number of carbonyl (C=O) groups excluding carboxylic acids is 1. The molecule has 1 heterocycles. The Morgan fingerprint density at radius 3 is 2.86 bits per heavy atom. The molecule has 2 fully saturated rings. The first-order chi connectivity index (χ1) is 6.65. The zero-order chi connectivity index (χ0) is 9.97. The van der Waals surface area contributed by atoms with Gasteiger partial charge in [-0.1, -0.05) is 26.0 Å². The van der Waals surface area contributed by atoms with Crippen molar-refractivity contribution in [1.82, 2.24) is 0 Å². The molecule has 0 unspecified atom stereocenters. The molecule has 0 spiro atoms. The van der Waals surface area contributed by atoms with E-state index in [4.69, 9.17) is 4.74 Å². The molecule has 0 aromatic rings. The summed E-state index contributed by atoms with van der Waals surface area (Å²) in [6, 6.07) is 0. The van der Waals surface area contributed by atoms with E-state index in [1.165, 1.54) is 6.42 Å². The van der Waals surface area contributed by atoms with Gasteiger partial charge in [-0.05, 0) is 24.7 Å². The molecule has 0 N–H and O–H groups in total. The molecular weight excluding hydrogens is 176 g/mol. The number of hydrogen-bond donors (Lipinski definition) is 0. The average Bonchev–Trinajstić information content (AvgIpc) is 2.78. The number of cyclic esters (lactones) is 1. The summed E-state index contributed by atoms with van der Waals surface area (Å²) in [6.45, 7) is 4.99. The number of hydrogen-bond acceptors (Lipinski definition) is 2. The molecule has 0 aromatic carbocycles. The quantitative estimate of drug-likeness (QED) is 0.470. The van der Waals surface area contributed by atoms with Gasteiger partial charge in [0.15, 0.2) is 0 Å². The summed E-state index contributed by atoms with van der Waals surface area (Å²) in [5.74, 6) is 1.07. The van der Waals surface area contributed by atoms with Gasteiger partial charge in [-0.3, -0.25) is 4.79 Å². The fraction of sp³-hybridized carbons (Fsp3) is 0.750. The smallest absolute Gasteiger partial charge is 0.313 e. The van der Waals surface area contributed by atoms with Gasteiger partial charge in [0.05, 0.1) is 12.0 Å². The highest BCUT2D eigenvalue weighted by Crippen LogP contribution is 2.68. The van der Waals surface area contributed by atoms with Crippen LogP contribution in [0.25, 0.3) is 0 Å². The molecule has 0 radical (unpaired) electrons. The maximum atomic E-state index is 11.9. The van der Waals surface area contributed by atoms with Crippen LogP contribution in [0.2, 0.25) is 0 Å². The average molecular weight is 192 g/mol. The number of rotatable bonds is 1. The molecular formula is C12H16O2. The topological polar surface area (TPSA) is 26.3 Å². The van der Waals surface area contributed by atoms with E-state index in [0.29, 0.717) is 18.4 Å². The lowest BCUT2D eigenvalue weighted by atomic mass is 9.59. The van der Waals surface area contributed by atoms with Gasteiger partial charge in [0.2, 0.25) is 0 Å². The zero-order valence-electron chi connectivity index (χ0n) is 8.75. The van der Waals surface area contributed by atoms with E-state index in [1.807, 2.05) is 0 Å². The largest absolute Gasteiger partial charge is 0.465 e. The standard InChI is InChI=1S/C12H16O2/c1-3-12-9-5-4-8(6-9)11(12,2)7-14-10(12)13/h4-5,8-9H,3,6-7H2,1-2H3/t8-,9+,11-,12-/m1/s1. The second kappa shape index (κ2) is 2.23. The van der Waals surface area contributed by atoms with Gasteiger partial charge in [-0.15, -0.1) is 0 Å². The number of esters is 1. The SMILES string of the molecule is CC[C@@]12C(=O)OC[C@]1(C)[C@@H]1C=C[C@H]2C1. The van der Waals surface area contributed by atoms with Crippen LogP contribution < -0.4 is 0 Å². The molecule has 14 heavy (non-hydrogen) atoms. The highest BCUT2D eigenvalue weighted by atomic mass is 16.5. The maximum Gasteiger partial charge on any atom is 0.313 e. The Morgan fingerprint density at radius 2 is 2.21 bits per heavy atom. The molecule has 0 aromatic heterocycles. The molecule has 2 nitrogen and oxygen atoms in total. The Hall–Kier alpha value is -0.790. The molecule has 2 heteroatoms. The summed E-state index contributed by atoms with van der Waals surface area (Å²) in [7, 11) is 0. The van der Waals surface area contributed by atoms with Crippen molar-refractivity contribution in [2.75, 3.05) is 6.61 Å². The van der Waals surface area contributed by atoms with E-state index in [-0.39, 0.29) is 16.8 Å². The summed E-state index contributed by atoms with van der Waals surface area (Å²) >= 11 is 0. The van der Waals surface area contributed by atoms with Crippen LogP contribution >= 0.6 is 0 Å². The first-order valence-electron chi connectivity index (χ1n) is 5.50. The monoisotopic (exact) mass is 192 g/mol. The van der Waals surface area contributed by atoms with Crippen LogP contribution in [0.4, 0.5) is 0 Å². The third kappa shape index (κ3) is 0.598. The van der Waals surface area contributed by atoms with Crippen molar-refractivity contribution in [2.45, 2.75) is 26.7 Å². The number of carbonyl (C=O) groups is 1. The van der Waals surface area contributed by atoms with Gasteiger partial charge >= 0.3 is 5.97 Å². The van der Waals surface area contributed by atoms with E-state index in [0.717, 1.165) is 6.42 Å². The molecule has 4 atom stereocenters. The zero-order valence-corrected chi connectivity index (χ0v) is 8.75. The molecule has 1 aliphatic heterocycles. The van der Waals surface area contributed by atoms with Gasteiger partial charge in [-0.2, -0.15) is 0 Å². The van der Waals surface area contributed by atoms with Crippen LogP contribution in [-0.4, -0.2) is 12.6 Å². The van der Waals surface area contributed by atoms with Crippen LogP contribution in [-0.2, 0) is 9.53 Å². The molecule has 2 aliphatic carbocycles. The Bertz CT molecular complexity index is 333. The highest BCUT2D eigenvalue weighted by molar-refractivity contribution is 5.82. The van der Waals surface area contributed by atoms with Crippen LogP contribution in [0.1, 0.15) is 26.7 Å². The Morgan fingerprint density at radius 1 is 1.50 bits per heavy atom. The van der Waals surface area contributed by atoms with Crippen LogP contribution in [0.15, 0.2) is 12.2 Å². The normalized spacial score (nSPS) is 53.7. The minimum atomic E-state index is -0.188. The molecule has 1 saturated carbocycles. The first kappa shape index (κ1) is 8.51. The van der Waals surface area contributed by atoms with Gasteiger partial charge in [0, 0.05) is 5.41 Å². The van der Waals surface area contributed by atoms with Gasteiger partial charge in [0.1, 0.15) is 0 Å². The van der Waals surface area contributed by atoms with E-state index in [2.05, 4.69) is 26.0 Å². The van der Waals surface area contributed by atoms with Crippen molar-refractivity contribution in [3.63, 3.8) is 0 Å². The van der Waals surface area contributed by atoms with E-state index in [1.54, 1.807) is 0 Å². The lowest BCUT2D eigenvalue weighted by molar-refractivity contribution is -0.148. The van der Waals surface area contributed by atoms with E-state index < -0.39 is 0 Å². The summed E-state index contributed by atoms with van der Waals surface area (Å²) < 4.78 is 5.32. The molecule has 2 bridgehead atoms. The summed E-state index contributed by atoms with van der Waals surface area (Å²) in [4.78, 5) is 11.9. The van der Waals surface area contributed by atoms with E-state index >= 15 is 0 Å². The van der Waals surface area contributed by atoms with Gasteiger partial charge < -0.3 is 4.74 Å². The fourth-order valence-corrected chi connectivity index (χ4v) is 4.07. The Balaban J connectivity index is 2.19. The van der Waals surface area contributed by atoms with Gasteiger partial charge in [0.25, 0.3) is 0 Å². The lowest BCUT2D eigenvalue weighted by Gasteiger charge is -2.39. The van der Waals surface area contributed by atoms with Crippen LogP contribution in [0.3, 0.4) is 0 Å². The van der Waals surface area contributed by atoms with E-state index in [9.17, 15) is 4.79 Å². The third-order valence-corrected chi connectivity index (χ3v) is 4.98. The number of fused-ring (bicyclic) bond motifs is 5. The maximum absolute atomic E-state index is 11.9. The van der Waals surface area contributed by atoms with Crippen molar-refractivity contribution >= 4 is 5.97 Å². The molecule has 3 aliphatic rings. The second-order valence-electron chi connectivity index (χ2n) is 5.15. The minimum absolute atomic E-state index is 0.0550. The molecule has 76 valence electrons. The minimum Gasteiger partial charge on any atom is -0.465 e. The second-order valence-corrected chi connectivity index (χ2v) is 5.15. The van der Waals surface area contributed by atoms with Crippen LogP contribution in [0, 0.1) is 22.7 Å². The summed E-state index contributed by atoms with van der Waals surface area (Å²) in [5.41, 5.74) is -0.106. The Kier molecular flexibility index (Phi) is 1.36. The Labute approximate surface area is 84.3 Å². The molecule has 0 amide bonds. The van der Waals surface area contributed by atoms with Crippen molar-refractivity contribution in [3.8, 4) is 0 Å². The number of allylic oxidation sites excluding steroid dienone is 2. The summed E-state index contributed by atoms with van der Waals surface area (Å²) in [6.07, 6.45) is 6.62.